The number of nitrogens with zero attached hydrogens (tertiary/aromatic N) is 2. The molecule has 0 bridgehead atoms. The predicted octanol–water partition coefficient (Wildman–Crippen LogP) is 1.44. The third-order valence-electron chi connectivity index (χ3n) is 3.81. The van der Waals surface area contributed by atoms with Crippen LogP contribution in [-0.4, -0.2) is 41.5 Å². The number of piperidine rings is 1. The van der Waals surface area contributed by atoms with Crippen LogP contribution in [0.25, 0.3) is 0 Å². The van der Waals surface area contributed by atoms with Gasteiger partial charge in [-0.05, 0) is 44.5 Å². The van der Waals surface area contributed by atoms with Gasteiger partial charge < -0.3 is 16.0 Å². The average Bonchev–Trinajstić information content (AvgIpc) is 2.46. The van der Waals surface area contributed by atoms with Crippen LogP contribution >= 0.6 is 0 Å². The minimum absolute atomic E-state index is 0.0447. The van der Waals surface area contributed by atoms with E-state index in [0.717, 1.165) is 44.6 Å². The number of nitrogen functional groups attached to an aromatic ring is 1. The topological polar surface area (TPSA) is 71.2 Å². The molecule has 1 atom stereocenters. The van der Waals surface area contributed by atoms with E-state index in [2.05, 4.69) is 22.1 Å². The van der Waals surface area contributed by atoms with E-state index in [4.69, 9.17) is 5.73 Å². The summed E-state index contributed by atoms with van der Waals surface area (Å²) in [5, 5.41) is 3.11. The fourth-order valence-corrected chi connectivity index (χ4v) is 2.65. The molecule has 0 spiro atoms. The van der Waals surface area contributed by atoms with Crippen molar-refractivity contribution >= 4 is 11.7 Å². The van der Waals surface area contributed by atoms with Crippen LogP contribution < -0.4 is 11.1 Å². The van der Waals surface area contributed by atoms with Crippen molar-refractivity contribution < 1.29 is 4.79 Å². The number of aromatic nitrogens is 1. The number of amides is 1. The molecular weight excluding hydrogens is 252 g/mol. The molecule has 2 heterocycles. The number of hydrogen-bond donors (Lipinski definition) is 2. The zero-order valence-corrected chi connectivity index (χ0v) is 12.4. The summed E-state index contributed by atoms with van der Waals surface area (Å²) in [5.74, 6) is 0.366. The maximum absolute atomic E-state index is 12.3. The maximum atomic E-state index is 12.3. The number of aryl methyl sites for hydroxylation is 1. The van der Waals surface area contributed by atoms with E-state index in [1.807, 2.05) is 13.0 Å². The SMILES string of the molecule is CCc1cc(C(=O)NC2CCCN(CC)C2)cc(N)n1. The first kappa shape index (κ1) is 14.8. The standard InChI is InChI=1S/C15H24N4O/c1-3-12-8-11(9-14(16)17-12)15(20)18-13-6-5-7-19(4-2)10-13/h8-9,13H,3-7,10H2,1-2H3,(H2,16,17)(H,18,20). The summed E-state index contributed by atoms with van der Waals surface area (Å²) < 4.78 is 0. The predicted molar refractivity (Wildman–Crippen MR) is 80.6 cm³/mol. The van der Waals surface area contributed by atoms with Crippen LogP contribution in [0.15, 0.2) is 12.1 Å². The number of hydrogen-bond acceptors (Lipinski definition) is 4. The zero-order valence-electron chi connectivity index (χ0n) is 12.4. The molecule has 1 aliphatic rings. The van der Waals surface area contributed by atoms with Crippen LogP contribution in [0.3, 0.4) is 0 Å². The number of anilines is 1. The Bertz CT molecular complexity index is 475. The normalized spacial score (nSPS) is 19.8. The van der Waals surface area contributed by atoms with Gasteiger partial charge in [-0.2, -0.15) is 0 Å². The number of nitrogens with one attached hydrogen (secondary N) is 1. The third kappa shape index (κ3) is 3.70. The summed E-state index contributed by atoms with van der Waals surface area (Å²) in [6.07, 6.45) is 2.96. The highest BCUT2D eigenvalue weighted by molar-refractivity contribution is 5.95. The summed E-state index contributed by atoms with van der Waals surface area (Å²) in [6.45, 7) is 7.26. The number of rotatable bonds is 4. The molecule has 2 rings (SSSR count). The minimum atomic E-state index is -0.0447. The van der Waals surface area contributed by atoms with Gasteiger partial charge in [0.25, 0.3) is 5.91 Å². The van der Waals surface area contributed by atoms with Crippen molar-refractivity contribution in [3.05, 3.63) is 23.4 Å². The first-order chi connectivity index (χ1) is 9.62. The third-order valence-corrected chi connectivity index (χ3v) is 3.81. The average molecular weight is 276 g/mol. The van der Waals surface area contributed by atoms with Gasteiger partial charge in [0.15, 0.2) is 0 Å². The highest BCUT2D eigenvalue weighted by Gasteiger charge is 2.21. The van der Waals surface area contributed by atoms with Crippen molar-refractivity contribution in [3.8, 4) is 0 Å². The molecule has 1 aromatic rings. The van der Waals surface area contributed by atoms with E-state index in [0.29, 0.717) is 11.4 Å². The molecule has 1 fully saturated rings. The molecule has 110 valence electrons. The number of carbonyl (C=O) groups excluding carboxylic acids is 1. The van der Waals surface area contributed by atoms with Crippen LogP contribution in [0.4, 0.5) is 5.82 Å². The summed E-state index contributed by atoms with van der Waals surface area (Å²) in [7, 11) is 0. The molecule has 5 nitrogen and oxygen atoms in total. The first-order valence-corrected chi connectivity index (χ1v) is 7.42. The van der Waals surface area contributed by atoms with Crippen molar-refractivity contribution in [2.45, 2.75) is 39.2 Å². The number of likely N-dealkylation sites (N-methyl/N-ethyl adjacent to an activating group) is 1. The smallest absolute Gasteiger partial charge is 0.251 e. The summed E-state index contributed by atoms with van der Waals surface area (Å²) in [5.41, 5.74) is 7.22. The highest BCUT2D eigenvalue weighted by Crippen LogP contribution is 2.12. The zero-order chi connectivity index (χ0) is 14.5. The van der Waals surface area contributed by atoms with Gasteiger partial charge in [-0.15, -0.1) is 0 Å². The lowest BCUT2D eigenvalue weighted by Crippen LogP contribution is -2.47. The van der Waals surface area contributed by atoms with Gasteiger partial charge in [0.05, 0.1) is 0 Å². The maximum Gasteiger partial charge on any atom is 0.251 e. The van der Waals surface area contributed by atoms with Crippen molar-refractivity contribution in [1.82, 2.24) is 15.2 Å². The number of likely N-dealkylation sites (tertiary alicyclic amines) is 1. The first-order valence-electron chi connectivity index (χ1n) is 7.42. The molecule has 3 N–H and O–H groups in total. The second-order valence-corrected chi connectivity index (χ2v) is 5.33. The van der Waals surface area contributed by atoms with Gasteiger partial charge >= 0.3 is 0 Å². The Morgan fingerprint density at radius 2 is 2.30 bits per heavy atom. The van der Waals surface area contributed by atoms with E-state index < -0.39 is 0 Å². The van der Waals surface area contributed by atoms with Gasteiger partial charge in [0.2, 0.25) is 0 Å². The lowest BCUT2D eigenvalue weighted by Gasteiger charge is -2.32. The highest BCUT2D eigenvalue weighted by atomic mass is 16.1. The second kappa shape index (κ2) is 6.70. The molecule has 1 aromatic heterocycles. The Morgan fingerprint density at radius 1 is 1.50 bits per heavy atom. The lowest BCUT2D eigenvalue weighted by molar-refractivity contribution is 0.0905. The monoisotopic (exact) mass is 276 g/mol. The van der Waals surface area contributed by atoms with Crippen LogP contribution in [-0.2, 0) is 6.42 Å². The molecule has 1 aliphatic heterocycles. The summed E-state index contributed by atoms with van der Waals surface area (Å²) in [6, 6.07) is 3.71. The van der Waals surface area contributed by atoms with Crippen LogP contribution in [0.1, 0.15) is 42.7 Å². The number of carbonyl (C=O) groups is 1. The second-order valence-electron chi connectivity index (χ2n) is 5.33. The lowest BCUT2D eigenvalue weighted by atomic mass is 10.0. The van der Waals surface area contributed by atoms with E-state index in [1.165, 1.54) is 0 Å². The molecule has 1 amide bonds. The van der Waals surface area contributed by atoms with E-state index in [9.17, 15) is 4.79 Å². The Kier molecular flexibility index (Phi) is 4.95. The molecule has 0 aromatic carbocycles. The van der Waals surface area contributed by atoms with Gasteiger partial charge in [-0.25, -0.2) is 4.98 Å². The molecule has 0 saturated carbocycles. The molecular formula is C15H24N4O. The Morgan fingerprint density at radius 3 is 3.00 bits per heavy atom. The van der Waals surface area contributed by atoms with Crippen molar-refractivity contribution in [3.63, 3.8) is 0 Å². The van der Waals surface area contributed by atoms with Crippen LogP contribution in [0.2, 0.25) is 0 Å². The Labute approximate surface area is 120 Å². The van der Waals surface area contributed by atoms with Crippen molar-refractivity contribution in [2.24, 2.45) is 0 Å². The molecule has 20 heavy (non-hydrogen) atoms. The quantitative estimate of drug-likeness (QED) is 0.873. The molecule has 1 unspecified atom stereocenters. The molecule has 5 heteroatoms. The number of nitrogens with two attached hydrogens (primary N) is 1. The fraction of sp³-hybridized carbons (Fsp3) is 0.600. The minimum Gasteiger partial charge on any atom is -0.384 e. The van der Waals surface area contributed by atoms with Crippen LogP contribution in [0, 0.1) is 0 Å². The summed E-state index contributed by atoms with van der Waals surface area (Å²) >= 11 is 0. The van der Waals surface area contributed by atoms with E-state index in [-0.39, 0.29) is 11.9 Å². The Hall–Kier alpha value is -1.62. The largest absolute Gasteiger partial charge is 0.384 e. The van der Waals surface area contributed by atoms with Gasteiger partial charge in [0.1, 0.15) is 5.82 Å². The summed E-state index contributed by atoms with van der Waals surface area (Å²) in [4.78, 5) is 18.9. The van der Waals surface area contributed by atoms with E-state index in [1.54, 1.807) is 6.07 Å². The molecule has 0 radical (unpaired) electrons. The van der Waals surface area contributed by atoms with Gasteiger partial charge in [0, 0.05) is 23.8 Å². The fourth-order valence-electron chi connectivity index (χ4n) is 2.65. The Balaban J connectivity index is 2.02. The van der Waals surface area contributed by atoms with Crippen LogP contribution in [0.5, 0.6) is 0 Å². The van der Waals surface area contributed by atoms with E-state index >= 15 is 0 Å². The molecule has 0 aliphatic carbocycles. The number of pyridine rings is 1. The van der Waals surface area contributed by atoms with Gasteiger partial charge in [-0.3, -0.25) is 4.79 Å². The van der Waals surface area contributed by atoms with Gasteiger partial charge in [-0.1, -0.05) is 13.8 Å². The van der Waals surface area contributed by atoms with Crippen molar-refractivity contribution in [1.29, 1.82) is 0 Å². The van der Waals surface area contributed by atoms with Crippen molar-refractivity contribution in [2.75, 3.05) is 25.4 Å². The molecule has 1 saturated heterocycles.